The first kappa shape index (κ1) is 15.3. The van der Waals surface area contributed by atoms with Crippen molar-refractivity contribution in [1.82, 2.24) is 0 Å². The molecule has 0 radical (unpaired) electrons. The number of carbonyl (C=O) groups excluding carboxylic acids is 1. The Hall–Kier alpha value is -1.29. The summed E-state index contributed by atoms with van der Waals surface area (Å²) in [5.41, 5.74) is 1.82. The summed E-state index contributed by atoms with van der Waals surface area (Å²) in [5, 5.41) is 0. The van der Waals surface area contributed by atoms with Crippen LogP contribution < -0.4 is 0 Å². The molecule has 1 nitrogen and oxygen atoms in total. The van der Waals surface area contributed by atoms with E-state index < -0.39 is 0 Å². The summed E-state index contributed by atoms with van der Waals surface area (Å²) < 4.78 is 0. The molecule has 0 aromatic rings. The van der Waals surface area contributed by atoms with Crippen LogP contribution in [0.3, 0.4) is 0 Å². The van der Waals surface area contributed by atoms with Gasteiger partial charge in [0.15, 0.2) is 5.78 Å². The fraction of sp³-hybridized carbons (Fsp3) is 0.682. The van der Waals surface area contributed by atoms with E-state index in [2.05, 4.69) is 19.4 Å². The minimum absolute atomic E-state index is 0.0536. The number of allylic oxidation sites excluding steroid dienone is 2. The predicted octanol–water partition coefficient (Wildman–Crippen LogP) is 4.79. The Morgan fingerprint density at radius 2 is 2.13 bits per heavy atom. The van der Waals surface area contributed by atoms with Crippen molar-refractivity contribution in [3.8, 4) is 12.3 Å². The number of hydrogen-bond acceptors (Lipinski definition) is 1. The Balaban J connectivity index is 1.63. The van der Waals surface area contributed by atoms with Gasteiger partial charge in [-0.1, -0.05) is 18.6 Å². The maximum Gasteiger partial charge on any atom is 0.162 e. The topological polar surface area (TPSA) is 17.1 Å². The lowest BCUT2D eigenvalue weighted by atomic mass is 9.51. The van der Waals surface area contributed by atoms with Gasteiger partial charge in [-0.25, -0.2) is 0 Å². The fourth-order valence-corrected chi connectivity index (χ4v) is 6.70. The van der Waals surface area contributed by atoms with Crippen LogP contribution in [0.25, 0.3) is 0 Å². The van der Waals surface area contributed by atoms with Crippen LogP contribution in [0.15, 0.2) is 24.3 Å². The lowest BCUT2D eigenvalue weighted by Crippen LogP contribution is -2.46. The third-order valence-corrected chi connectivity index (χ3v) is 7.94. The average molecular weight is 308 g/mol. The summed E-state index contributed by atoms with van der Waals surface area (Å²) in [6.07, 6.45) is 18.2. The normalized spacial score (nSPS) is 48.5. The maximum absolute atomic E-state index is 12.2. The molecule has 0 aromatic carbocycles. The summed E-state index contributed by atoms with van der Waals surface area (Å²) in [5.74, 6) is 6.98. The lowest BCUT2D eigenvalue weighted by molar-refractivity contribution is -0.118. The molecule has 0 aliphatic heterocycles. The molecule has 1 heteroatoms. The largest absolute Gasteiger partial charge is 0.294 e. The Labute approximate surface area is 140 Å². The van der Waals surface area contributed by atoms with Crippen LogP contribution in [-0.4, -0.2) is 5.78 Å². The molecule has 0 N–H and O–H groups in total. The highest BCUT2D eigenvalue weighted by molar-refractivity contribution is 5.94. The SMILES string of the molecule is C#C[C@H]1CC[C@H]2[C@@H]3CCC4=CC(=O)C(C=C)C[C@@H]4[C@H]3CC[C@]12C. The van der Waals surface area contributed by atoms with Gasteiger partial charge in [-0.3, -0.25) is 4.79 Å². The van der Waals surface area contributed by atoms with E-state index in [-0.39, 0.29) is 5.92 Å². The van der Waals surface area contributed by atoms with Crippen LogP contribution in [0, 0.1) is 53.3 Å². The molecule has 0 bridgehead atoms. The van der Waals surface area contributed by atoms with Gasteiger partial charge < -0.3 is 0 Å². The number of fused-ring (bicyclic) bond motifs is 5. The van der Waals surface area contributed by atoms with Gasteiger partial charge >= 0.3 is 0 Å². The van der Waals surface area contributed by atoms with Gasteiger partial charge in [0.05, 0.1) is 0 Å². The number of hydrogen-bond donors (Lipinski definition) is 0. The highest BCUT2D eigenvalue weighted by atomic mass is 16.1. The van der Waals surface area contributed by atoms with Gasteiger partial charge in [-0.15, -0.1) is 18.9 Å². The van der Waals surface area contributed by atoms with E-state index >= 15 is 0 Å². The lowest BCUT2D eigenvalue weighted by Gasteiger charge is -2.54. The number of ketones is 1. The molecule has 3 saturated carbocycles. The zero-order chi connectivity index (χ0) is 16.2. The van der Waals surface area contributed by atoms with Gasteiger partial charge in [-0.05, 0) is 80.1 Å². The van der Waals surface area contributed by atoms with Crippen LogP contribution in [0.4, 0.5) is 0 Å². The van der Waals surface area contributed by atoms with E-state index in [9.17, 15) is 4.79 Å². The first-order chi connectivity index (χ1) is 11.1. The minimum atomic E-state index is 0.0536. The molecule has 122 valence electrons. The maximum atomic E-state index is 12.2. The van der Waals surface area contributed by atoms with E-state index in [0.717, 1.165) is 30.6 Å². The molecular formula is C22H28O. The van der Waals surface area contributed by atoms with Crippen molar-refractivity contribution in [2.24, 2.45) is 40.9 Å². The summed E-state index contributed by atoms with van der Waals surface area (Å²) in [6, 6.07) is 0. The number of terminal acetylenes is 1. The van der Waals surface area contributed by atoms with Crippen molar-refractivity contribution in [1.29, 1.82) is 0 Å². The number of rotatable bonds is 1. The van der Waals surface area contributed by atoms with Crippen molar-refractivity contribution in [2.45, 2.75) is 51.9 Å². The average Bonchev–Trinajstić information content (AvgIpc) is 2.90. The smallest absolute Gasteiger partial charge is 0.162 e. The molecule has 4 aliphatic rings. The first-order valence-corrected chi connectivity index (χ1v) is 9.41. The second-order valence-corrected chi connectivity index (χ2v) is 8.62. The highest BCUT2D eigenvalue weighted by Crippen LogP contribution is 2.63. The van der Waals surface area contributed by atoms with Crippen LogP contribution in [0.2, 0.25) is 0 Å². The molecule has 23 heavy (non-hydrogen) atoms. The Kier molecular flexibility index (Phi) is 3.56. The van der Waals surface area contributed by atoms with Crippen LogP contribution in [0.5, 0.6) is 0 Å². The summed E-state index contributed by atoms with van der Waals surface area (Å²) >= 11 is 0. The van der Waals surface area contributed by atoms with Crippen molar-refractivity contribution in [2.75, 3.05) is 0 Å². The first-order valence-electron chi connectivity index (χ1n) is 9.41. The Bertz CT molecular complexity index is 606. The van der Waals surface area contributed by atoms with Crippen molar-refractivity contribution >= 4 is 5.78 Å². The van der Waals surface area contributed by atoms with Gasteiger partial charge in [-0.2, -0.15) is 0 Å². The molecule has 1 unspecified atom stereocenters. The molecule has 7 atom stereocenters. The van der Waals surface area contributed by atoms with Crippen molar-refractivity contribution in [3.63, 3.8) is 0 Å². The molecule has 0 amide bonds. The van der Waals surface area contributed by atoms with Crippen LogP contribution >= 0.6 is 0 Å². The molecule has 0 aromatic heterocycles. The third kappa shape index (κ3) is 2.10. The zero-order valence-corrected chi connectivity index (χ0v) is 14.3. The van der Waals surface area contributed by atoms with Crippen molar-refractivity contribution < 1.29 is 4.79 Å². The molecule has 4 aliphatic carbocycles. The van der Waals surface area contributed by atoms with E-state index in [1.807, 2.05) is 12.2 Å². The molecule has 0 heterocycles. The van der Waals surface area contributed by atoms with E-state index in [0.29, 0.717) is 23.0 Å². The Morgan fingerprint density at radius 1 is 1.30 bits per heavy atom. The summed E-state index contributed by atoms with van der Waals surface area (Å²) in [7, 11) is 0. The molecule has 0 spiro atoms. The summed E-state index contributed by atoms with van der Waals surface area (Å²) in [6.45, 7) is 6.36. The minimum Gasteiger partial charge on any atom is -0.294 e. The van der Waals surface area contributed by atoms with E-state index in [1.54, 1.807) is 0 Å². The highest BCUT2D eigenvalue weighted by Gasteiger charge is 2.56. The zero-order valence-electron chi connectivity index (χ0n) is 14.3. The second kappa shape index (κ2) is 5.37. The van der Waals surface area contributed by atoms with Gasteiger partial charge in [0.2, 0.25) is 0 Å². The van der Waals surface area contributed by atoms with Crippen LogP contribution in [-0.2, 0) is 4.79 Å². The van der Waals surface area contributed by atoms with Crippen LogP contribution in [0.1, 0.15) is 51.9 Å². The monoisotopic (exact) mass is 308 g/mol. The Morgan fingerprint density at radius 3 is 2.87 bits per heavy atom. The number of carbonyl (C=O) groups is 1. The molecule has 4 rings (SSSR count). The fourth-order valence-electron chi connectivity index (χ4n) is 6.70. The van der Waals surface area contributed by atoms with Gasteiger partial charge in [0.25, 0.3) is 0 Å². The molecule has 3 fully saturated rings. The third-order valence-electron chi connectivity index (χ3n) is 7.94. The molecule has 0 saturated heterocycles. The van der Waals surface area contributed by atoms with Gasteiger partial charge in [0, 0.05) is 11.8 Å². The standard InChI is InChI=1S/C22H28O/c1-4-14-12-19-15(13-21(14)23)6-8-18-17(19)10-11-22(3)16(5-2)7-9-20(18)22/h2,4,13-14,16-20H,1,6-12H2,3H3/t14?,16-,17-,18+,19-,20-,22+/m0/s1. The van der Waals surface area contributed by atoms with Crippen molar-refractivity contribution in [3.05, 3.63) is 24.3 Å². The van der Waals surface area contributed by atoms with E-state index in [1.165, 1.54) is 37.7 Å². The summed E-state index contributed by atoms with van der Waals surface area (Å²) in [4.78, 5) is 12.2. The second-order valence-electron chi connectivity index (χ2n) is 8.62. The quantitative estimate of drug-likeness (QED) is 0.503. The van der Waals surface area contributed by atoms with Gasteiger partial charge in [0.1, 0.15) is 0 Å². The molecular weight excluding hydrogens is 280 g/mol. The van der Waals surface area contributed by atoms with E-state index in [4.69, 9.17) is 6.42 Å². The predicted molar refractivity (Wildman–Crippen MR) is 93.5 cm³/mol.